The van der Waals surface area contributed by atoms with E-state index in [0.29, 0.717) is 12.5 Å². The fourth-order valence-corrected chi connectivity index (χ4v) is 3.05. The van der Waals surface area contributed by atoms with Gasteiger partial charge in [0.2, 0.25) is 0 Å². The Morgan fingerprint density at radius 2 is 2.20 bits per heavy atom. The topological polar surface area (TPSA) is 65.9 Å². The van der Waals surface area contributed by atoms with Crippen molar-refractivity contribution in [2.75, 3.05) is 6.54 Å². The molecule has 2 unspecified atom stereocenters. The zero-order valence-electron chi connectivity index (χ0n) is 12.0. The van der Waals surface area contributed by atoms with Gasteiger partial charge in [-0.2, -0.15) is 5.26 Å². The number of pyridine rings is 1. The van der Waals surface area contributed by atoms with Gasteiger partial charge >= 0.3 is 0 Å². The molecule has 0 aromatic carbocycles. The maximum atomic E-state index is 8.88. The summed E-state index contributed by atoms with van der Waals surface area (Å²) < 4.78 is 0. The molecule has 0 spiro atoms. The van der Waals surface area contributed by atoms with Crippen molar-refractivity contribution < 1.29 is 0 Å². The molecule has 1 aliphatic rings. The molecule has 1 fully saturated rings. The van der Waals surface area contributed by atoms with Crippen LogP contribution in [0.5, 0.6) is 0 Å². The number of hydrogen-bond acceptors (Lipinski definition) is 4. The van der Waals surface area contributed by atoms with Gasteiger partial charge in [0.25, 0.3) is 0 Å². The highest BCUT2D eigenvalue weighted by Crippen LogP contribution is 2.23. The van der Waals surface area contributed by atoms with Crippen LogP contribution in [0.15, 0.2) is 24.5 Å². The molecule has 0 amide bonds. The van der Waals surface area contributed by atoms with Gasteiger partial charge in [-0.15, -0.1) is 0 Å². The van der Waals surface area contributed by atoms with Gasteiger partial charge in [-0.25, -0.2) is 0 Å². The maximum Gasteiger partial charge on any atom is 0.0635 e. The van der Waals surface area contributed by atoms with E-state index in [9.17, 15) is 0 Å². The van der Waals surface area contributed by atoms with Crippen LogP contribution in [-0.2, 0) is 6.54 Å². The Balaban J connectivity index is 2.07. The van der Waals surface area contributed by atoms with Crippen LogP contribution >= 0.6 is 0 Å². The van der Waals surface area contributed by atoms with Crippen molar-refractivity contribution >= 4 is 0 Å². The molecule has 2 atom stereocenters. The third-order valence-corrected chi connectivity index (χ3v) is 4.12. The van der Waals surface area contributed by atoms with E-state index in [-0.39, 0.29) is 6.04 Å². The van der Waals surface area contributed by atoms with Gasteiger partial charge in [-0.1, -0.05) is 25.3 Å². The summed E-state index contributed by atoms with van der Waals surface area (Å²) in [4.78, 5) is 6.56. The number of rotatable bonds is 5. The quantitative estimate of drug-likeness (QED) is 0.836. The Kier molecular flexibility index (Phi) is 5.97. The predicted octanol–water partition coefficient (Wildman–Crippen LogP) is 2.46. The normalized spacial score (nSPS) is 23.2. The average molecular weight is 272 g/mol. The van der Waals surface area contributed by atoms with Crippen molar-refractivity contribution in [2.24, 2.45) is 5.73 Å². The minimum atomic E-state index is 0.230. The molecule has 2 rings (SSSR count). The van der Waals surface area contributed by atoms with Crippen LogP contribution < -0.4 is 5.73 Å². The van der Waals surface area contributed by atoms with Crippen LogP contribution in [0.1, 0.15) is 44.1 Å². The number of nitrogens with two attached hydrogens (primary N) is 1. The predicted molar refractivity (Wildman–Crippen MR) is 79.7 cm³/mol. The summed E-state index contributed by atoms with van der Waals surface area (Å²) in [6.45, 7) is 1.64. The SMILES string of the molecule is N#CCCN(Cc1cccnc1)C1CCCCCC1N. The molecule has 20 heavy (non-hydrogen) atoms. The fraction of sp³-hybridized carbons (Fsp3) is 0.625. The Morgan fingerprint density at radius 1 is 1.35 bits per heavy atom. The molecular weight excluding hydrogens is 248 g/mol. The van der Waals surface area contributed by atoms with E-state index in [4.69, 9.17) is 11.0 Å². The lowest BCUT2D eigenvalue weighted by atomic mass is 10.0. The van der Waals surface area contributed by atoms with Gasteiger partial charge in [0.05, 0.1) is 6.07 Å². The van der Waals surface area contributed by atoms with Crippen LogP contribution in [0.3, 0.4) is 0 Å². The second-order valence-electron chi connectivity index (χ2n) is 5.61. The molecule has 4 heteroatoms. The Morgan fingerprint density at radius 3 is 2.95 bits per heavy atom. The van der Waals surface area contributed by atoms with Gasteiger partial charge < -0.3 is 5.73 Å². The van der Waals surface area contributed by atoms with E-state index in [0.717, 1.165) is 25.9 Å². The van der Waals surface area contributed by atoms with Gasteiger partial charge in [0, 0.05) is 44.0 Å². The van der Waals surface area contributed by atoms with Crippen molar-refractivity contribution in [3.05, 3.63) is 30.1 Å². The van der Waals surface area contributed by atoms with Crippen molar-refractivity contribution in [2.45, 2.75) is 57.2 Å². The lowest BCUT2D eigenvalue weighted by molar-refractivity contribution is 0.157. The first kappa shape index (κ1) is 15.0. The molecule has 0 aliphatic heterocycles. The smallest absolute Gasteiger partial charge is 0.0635 e. The zero-order valence-corrected chi connectivity index (χ0v) is 12.0. The monoisotopic (exact) mass is 272 g/mol. The Bertz CT molecular complexity index is 426. The van der Waals surface area contributed by atoms with Crippen LogP contribution in [-0.4, -0.2) is 28.5 Å². The minimum absolute atomic E-state index is 0.230. The molecule has 1 heterocycles. The summed E-state index contributed by atoms with van der Waals surface area (Å²) in [6, 6.07) is 6.93. The second-order valence-corrected chi connectivity index (χ2v) is 5.61. The molecule has 0 radical (unpaired) electrons. The summed E-state index contributed by atoms with van der Waals surface area (Å²) in [6.07, 6.45) is 10.3. The highest BCUT2D eigenvalue weighted by molar-refractivity contribution is 5.09. The minimum Gasteiger partial charge on any atom is -0.326 e. The summed E-state index contributed by atoms with van der Waals surface area (Å²) >= 11 is 0. The number of aromatic nitrogens is 1. The third kappa shape index (κ3) is 4.29. The number of nitriles is 1. The first-order chi connectivity index (χ1) is 9.81. The first-order valence-corrected chi connectivity index (χ1v) is 7.56. The zero-order chi connectivity index (χ0) is 14.2. The molecule has 1 aromatic rings. The molecular formula is C16H24N4. The highest BCUT2D eigenvalue weighted by atomic mass is 15.2. The van der Waals surface area contributed by atoms with Gasteiger partial charge in [-0.3, -0.25) is 9.88 Å². The molecule has 108 valence electrons. The lowest BCUT2D eigenvalue weighted by Crippen LogP contribution is -2.47. The summed E-state index contributed by atoms with van der Waals surface area (Å²) in [7, 11) is 0. The lowest BCUT2D eigenvalue weighted by Gasteiger charge is -2.34. The molecule has 4 nitrogen and oxygen atoms in total. The Labute approximate surface area is 121 Å². The molecule has 0 bridgehead atoms. The average Bonchev–Trinajstić information content (AvgIpc) is 2.69. The van der Waals surface area contributed by atoms with E-state index >= 15 is 0 Å². The fourth-order valence-electron chi connectivity index (χ4n) is 3.05. The van der Waals surface area contributed by atoms with Crippen LogP contribution in [0.25, 0.3) is 0 Å². The van der Waals surface area contributed by atoms with E-state index < -0.39 is 0 Å². The van der Waals surface area contributed by atoms with E-state index in [1.54, 1.807) is 6.20 Å². The molecule has 1 aromatic heterocycles. The van der Waals surface area contributed by atoms with Crippen LogP contribution in [0.2, 0.25) is 0 Å². The van der Waals surface area contributed by atoms with Crippen molar-refractivity contribution in [3.63, 3.8) is 0 Å². The van der Waals surface area contributed by atoms with Crippen molar-refractivity contribution in [3.8, 4) is 6.07 Å². The number of nitrogens with zero attached hydrogens (tertiary/aromatic N) is 3. The highest BCUT2D eigenvalue weighted by Gasteiger charge is 2.26. The number of hydrogen-bond donors (Lipinski definition) is 1. The Hall–Kier alpha value is -1.44. The largest absolute Gasteiger partial charge is 0.326 e. The van der Waals surface area contributed by atoms with Gasteiger partial charge in [-0.05, 0) is 24.5 Å². The standard InChI is InChI=1S/C16H24N4/c17-9-5-11-20(13-14-6-4-10-19-12-14)16-8-3-1-2-7-15(16)18/h4,6,10,12,15-16H,1-3,5,7-8,11,13,18H2. The summed E-state index contributed by atoms with van der Waals surface area (Å²) in [5.41, 5.74) is 7.56. The second kappa shape index (κ2) is 7.98. The summed E-state index contributed by atoms with van der Waals surface area (Å²) in [5, 5.41) is 8.88. The van der Waals surface area contributed by atoms with E-state index in [1.807, 2.05) is 12.3 Å². The van der Waals surface area contributed by atoms with Gasteiger partial charge in [0.15, 0.2) is 0 Å². The van der Waals surface area contributed by atoms with Crippen molar-refractivity contribution in [1.29, 1.82) is 5.26 Å². The molecule has 2 N–H and O–H groups in total. The molecule has 0 saturated heterocycles. The first-order valence-electron chi connectivity index (χ1n) is 7.56. The van der Waals surface area contributed by atoms with E-state index in [1.165, 1.54) is 24.8 Å². The molecule has 1 aliphatic carbocycles. The van der Waals surface area contributed by atoms with Crippen molar-refractivity contribution in [1.82, 2.24) is 9.88 Å². The van der Waals surface area contributed by atoms with Crippen LogP contribution in [0.4, 0.5) is 0 Å². The molecule has 1 saturated carbocycles. The van der Waals surface area contributed by atoms with Crippen LogP contribution in [0, 0.1) is 11.3 Å². The van der Waals surface area contributed by atoms with Gasteiger partial charge in [0.1, 0.15) is 0 Å². The summed E-state index contributed by atoms with van der Waals surface area (Å²) in [5.74, 6) is 0. The maximum absolute atomic E-state index is 8.88. The third-order valence-electron chi connectivity index (χ3n) is 4.12. The van der Waals surface area contributed by atoms with E-state index in [2.05, 4.69) is 22.0 Å².